The highest BCUT2D eigenvalue weighted by atomic mass is 19.4. The van der Waals surface area contributed by atoms with Gasteiger partial charge in [0, 0.05) is 11.8 Å². The van der Waals surface area contributed by atoms with Crippen molar-refractivity contribution in [3.63, 3.8) is 0 Å². The second-order valence-corrected chi connectivity index (χ2v) is 6.85. The van der Waals surface area contributed by atoms with Crippen molar-refractivity contribution < 1.29 is 26.7 Å². The van der Waals surface area contributed by atoms with Crippen molar-refractivity contribution in [2.24, 2.45) is 11.8 Å². The molecule has 0 radical (unpaired) electrons. The highest BCUT2D eigenvalue weighted by molar-refractivity contribution is 5.60. The van der Waals surface area contributed by atoms with E-state index in [1.807, 2.05) is 6.92 Å². The van der Waals surface area contributed by atoms with Crippen LogP contribution in [0.1, 0.15) is 45.0 Å². The molecule has 0 bridgehead atoms. The molecule has 0 saturated heterocycles. The quantitative estimate of drug-likeness (QED) is 0.533. The number of halogens is 5. The maximum Gasteiger partial charge on any atom is 0.433 e. The fourth-order valence-electron chi connectivity index (χ4n) is 2.75. The Morgan fingerprint density at radius 3 is 2.37 bits per heavy atom. The Bertz CT molecular complexity index is 762. The van der Waals surface area contributed by atoms with Crippen LogP contribution in [0.4, 0.5) is 22.0 Å². The Kier molecular flexibility index (Phi) is 6.73. The Morgan fingerprint density at radius 1 is 1.07 bits per heavy atom. The van der Waals surface area contributed by atoms with Gasteiger partial charge < -0.3 is 4.74 Å². The average molecular weight is 388 g/mol. The Hall–Kier alpha value is -2.25. The number of ether oxygens (including phenoxy) is 1. The fourth-order valence-corrected chi connectivity index (χ4v) is 2.75. The minimum atomic E-state index is -4.63. The van der Waals surface area contributed by atoms with Gasteiger partial charge in [-0.05, 0) is 42.5 Å². The molecule has 0 aliphatic carbocycles. The molecular formula is C19H21F5N2O. The standard InChI is InChI=1S/C19H21F5N2O/c1-11(2)8-12(3)10-27-15-5-4-14(26-17(15)18(20)21)13-6-7-25-16(9-13)19(22,23)24/h4-7,9,11-12,18H,8,10H2,1-3H3. The third-order valence-electron chi connectivity index (χ3n) is 3.84. The summed E-state index contributed by atoms with van der Waals surface area (Å²) in [6, 6.07) is 4.75. The highest BCUT2D eigenvalue weighted by Gasteiger charge is 2.32. The molecule has 0 N–H and O–H groups in total. The van der Waals surface area contributed by atoms with E-state index >= 15 is 0 Å². The van der Waals surface area contributed by atoms with Crippen LogP contribution in [0.3, 0.4) is 0 Å². The maximum absolute atomic E-state index is 13.4. The molecule has 1 unspecified atom stereocenters. The number of aromatic nitrogens is 2. The summed E-state index contributed by atoms with van der Waals surface area (Å²) < 4.78 is 70.7. The molecule has 27 heavy (non-hydrogen) atoms. The first-order valence-corrected chi connectivity index (χ1v) is 8.53. The van der Waals surface area contributed by atoms with Gasteiger partial charge in [-0.15, -0.1) is 0 Å². The minimum absolute atomic E-state index is 0.000721. The van der Waals surface area contributed by atoms with Crippen molar-refractivity contribution in [3.05, 3.63) is 41.9 Å². The molecule has 1 atom stereocenters. The first-order valence-electron chi connectivity index (χ1n) is 8.53. The van der Waals surface area contributed by atoms with Crippen LogP contribution in [0.5, 0.6) is 5.75 Å². The first-order chi connectivity index (χ1) is 12.6. The molecule has 2 aromatic heterocycles. The minimum Gasteiger partial charge on any atom is -0.491 e. The lowest BCUT2D eigenvalue weighted by Gasteiger charge is -2.17. The number of hydrogen-bond donors (Lipinski definition) is 0. The van der Waals surface area contributed by atoms with Gasteiger partial charge in [-0.2, -0.15) is 13.2 Å². The van der Waals surface area contributed by atoms with Gasteiger partial charge in [-0.25, -0.2) is 13.8 Å². The van der Waals surface area contributed by atoms with Crippen LogP contribution in [0.25, 0.3) is 11.3 Å². The third-order valence-corrected chi connectivity index (χ3v) is 3.84. The monoisotopic (exact) mass is 388 g/mol. The predicted molar refractivity (Wildman–Crippen MR) is 91.5 cm³/mol. The zero-order valence-corrected chi connectivity index (χ0v) is 15.2. The van der Waals surface area contributed by atoms with Crippen LogP contribution in [-0.4, -0.2) is 16.6 Å². The van der Waals surface area contributed by atoms with Crippen LogP contribution in [0.15, 0.2) is 30.5 Å². The van der Waals surface area contributed by atoms with Crippen LogP contribution in [-0.2, 0) is 6.18 Å². The topological polar surface area (TPSA) is 35.0 Å². The zero-order chi connectivity index (χ0) is 20.2. The van der Waals surface area contributed by atoms with E-state index in [2.05, 4.69) is 23.8 Å². The zero-order valence-electron chi connectivity index (χ0n) is 15.2. The molecule has 2 aromatic rings. The molecule has 0 fully saturated rings. The molecule has 0 aliphatic heterocycles. The molecule has 8 heteroatoms. The van der Waals surface area contributed by atoms with Crippen LogP contribution in [0.2, 0.25) is 0 Å². The molecule has 0 amide bonds. The molecule has 2 heterocycles. The molecule has 3 nitrogen and oxygen atoms in total. The normalized spacial score (nSPS) is 13.3. The molecule has 0 saturated carbocycles. The summed E-state index contributed by atoms with van der Waals surface area (Å²) in [7, 11) is 0. The second-order valence-electron chi connectivity index (χ2n) is 6.85. The largest absolute Gasteiger partial charge is 0.491 e. The van der Waals surface area contributed by atoms with Gasteiger partial charge in [0.2, 0.25) is 0 Å². The van der Waals surface area contributed by atoms with E-state index in [4.69, 9.17) is 4.74 Å². The third kappa shape index (κ3) is 5.87. The number of alkyl halides is 5. The lowest BCUT2D eigenvalue weighted by atomic mass is 10.00. The van der Waals surface area contributed by atoms with Crippen LogP contribution < -0.4 is 4.74 Å². The first kappa shape index (κ1) is 21.1. The predicted octanol–water partition coefficient (Wildman–Crippen LogP) is 6.16. The van der Waals surface area contributed by atoms with Crippen molar-refractivity contribution in [2.75, 3.05) is 6.61 Å². The highest BCUT2D eigenvalue weighted by Crippen LogP contribution is 2.33. The number of pyridine rings is 2. The van der Waals surface area contributed by atoms with Gasteiger partial charge in [0.05, 0.1) is 12.3 Å². The summed E-state index contributed by atoms with van der Waals surface area (Å²) in [6.45, 7) is 6.33. The summed E-state index contributed by atoms with van der Waals surface area (Å²) in [5, 5.41) is 0. The van der Waals surface area contributed by atoms with E-state index in [1.54, 1.807) is 0 Å². The molecule has 0 aromatic carbocycles. The number of nitrogens with zero attached hydrogens (tertiary/aromatic N) is 2. The maximum atomic E-state index is 13.4. The lowest BCUT2D eigenvalue weighted by molar-refractivity contribution is -0.141. The SMILES string of the molecule is CC(C)CC(C)COc1ccc(-c2ccnc(C(F)(F)F)c2)nc1C(F)F. The van der Waals surface area contributed by atoms with Crippen molar-refractivity contribution in [3.8, 4) is 17.0 Å². The van der Waals surface area contributed by atoms with E-state index in [9.17, 15) is 22.0 Å². The van der Waals surface area contributed by atoms with Gasteiger partial charge in [0.15, 0.2) is 0 Å². The summed E-state index contributed by atoms with van der Waals surface area (Å²) in [5.41, 5.74) is -1.64. The van der Waals surface area contributed by atoms with E-state index in [0.717, 1.165) is 18.7 Å². The Balaban J connectivity index is 2.27. The van der Waals surface area contributed by atoms with E-state index in [1.165, 1.54) is 18.2 Å². The smallest absolute Gasteiger partial charge is 0.433 e. The molecule has 0 spiro atoms. The van der Waals surface area contributed by atoms with Crippen molar-refractivity contribution in [1.29, 1.82) is 0 Å². The van der Waals surface area contributed by atoms with E-state index < -0.39 is 24.0 Å². The average Bonchev–Trinajstić information content (AvgIpc) is 2.58. The molecular weight excluding hydrogens is 367 g/mol. The summed E-state index contributed by atoms with van der Waals surface area (Å²) >= 11 is 0. The summed E-state index contributed by atoms with van der Waals surface area (Å²) in [5.74, 6) is 0.562. The van der Waals surface area contributed by atoms with Crippen molar-refractivity contribution >= 4 is 0 Å². The summed E-state index contributed by atoms with van der Waals surface area (Å²) in [4.78, 5) is 7.09. The van der Waals surface area contributed by atoms with Crippen molar-refractivity contribution in [1.82, 2.24) is 9.97 Å². The van der Waals surface area contributed by atoms with Crippen LogP contribution in [0, 0.1) is 11.8 Å². The number of hydrogen-bond acceptors (Lipinski definition) is 3. The molecule has 0 aliphatic rings. The van der Waals surface area contributed by atoms with Gasteiger partial charge in [-0.3, -0.25) is 4.98 Å². The van der Waals surface area contributed by atoms with Gasteiger partial charge >= 0.3 is 6.18 Å². The molecule has 148 valence electrons. The Morgan fingerprint density at radius 2 is 1.78 bits per heavy atom. The van der Waals surface area contributed by atoms with Gasteiger partial charge in [0.25, 0.3) is 6.43 Å². The second kappa shape index (κ2) is 8.63. The fraction of sp³-hybridized carbons (Fsp3) is 0.474. The van der Waals surface area contributed by atoms with E-state index in [-0.39, 0.29) is 29.5 Å². The number of rotatable bonds is 7. The Labute approximate surface area is 154 Å². The summed E-state index contributed by atoms with van der Waals surface area (Å²) in [6.07, 6.45) is -5.69. The van der Waals surface area contributed by atoms with Crippen molar-refractivity contribution in [2.45, 2.75) is 39.8 Å². The van der Waals surface area contributed by atoms with Gasteiger partial charge in [-0.1, -0.05) is 20.8 Å². The van der Waals surface area contributed by atoms with Gasteiger partial charge in [0.1, 0.15) is 17.1 Å². The van der Waals surface area contributed by atoms with Crippen LogP contribution >= 0.6 is 0 Å². The van der Waals surface area contributed by atoms with E-state index in [0.29, 0.717) is 5.92 Å². The molecule has 2 rings (SSSR count). The lowest BCUT2D eigenvalue weighted by Crippen LogP contribution is -2.12.